The molecule has 0 radical (unpaired) electrons. The van der Waals surface area contributed by atoms with E-state index < -0.39 is 5.60 Å². The van der Waals surface area contributed by atoms with Gasteiger partial charge in [0, 0.05) is 37.2 Å². The Morgan fingerprint density at radius 3 is 2.88 bits per heavy atom. The van der Waals surface area contributed by atoms with Gasteiger partial charge in [-0.15, -0.1) is 0 Å². The van der Waals surface area contributed by atoms with Crippen LogP contribution in [-0.2, 0) is 19.1 Å². The average molecular weight is 342 g/mol. The van der Waals surface area contributed by atoms with Crippen molar-refractivity contribution in [2.24, 2.45) is 7.05 Å². The minimum absolute atomic E-state index is 0.0924. The van der Waals surface area contributed by atoms with Crippen LogP contribution in [0.25, 0.3) is 11.0 Å². The van der Waals surface area contributed by atoms with Gasteiger partial charge in [0.25, 0.3) is 0 Å². The second-order valence-corrected chi connectivity index (χ2v) is 6.29. The molecule has 2 amide bonds. The average Bonchev–Trinajstić information content (AvgIpc) is 3.19. The number of benzene rings is 1. The van der Waals surface area contributed by atoms with Crippen molar-refractivity contribution < 1.29 is 14.3 Å². The molecule has 1 unspecified atom stereocenters. The van der Waals surface area contributed by atoms with Crippen molar-refractivity contribution in [3.05, 3.63) is 54.0 Å². The van der Waals surface area contributed by atoms with Gasteiger partial charge in [0.05, 0.1) is 12.7 Å². The van der Waals surface area contributed by atoms with Crippen molar-refractivity contribution >= 4 is 17.0 Å². The van der Waals surface area contributed by atoms with Gasteiger partial charge in [-0.25, -0.2) is 4.79 Å². The molecule has 3 aromatic rings. The fourth-order valence-electron chi connectivity index (χ4n) is 2.58. The lowest BCUT2D eigenvalue weighted by Gasteiger charge is -2.22. The molecule has 25 heavy (non-hydrogen) atoms. The lowest BCUT2D eigenvalue weighted by Crippen LogP contribution is -2.43. The number of hydrogen-bond acceptors (Lipinski definition) is 4. The van der Waals surface area contributed by atoms with Gasteiger partial charge in [-0.1, -0.05) is 18.2 Å². The zero-order valence-corrected chi connectivity index (χ0v) is 14.3. The molecule has 0 bridgehead atoms. The Hall–Kier alpha value is -2.80. The maximum atomic E-state index is 11.9. The van der Waals surface area contributed by atoms with Crippen molar-refractivity contribution in [3.8, 4) is 0 Å². The van der Waals surface area contributed by atoms with E-state index in [1.165, 1.54) is 0 Å². The minimum Gasteiger partial charge on any atom is -0.461 e. The number of aromatic nitrogens is 2. The molecule has 0 aliphatic rings. The Labute approximate surface area is 145 Å². The number of carbonyl (C=O) groups excluding carboxylic acids is 1. The van der Waals surface area contributed by atoms with Gasteiger partial charge >= 0.3 is 6.03 Å². The first-order valence-electron chi connectivity index (χ1n) is 8.15. The number of aryl methyl sites for hydroxylation is 1. The van der Waals surface area contributed by atoms with Crippen molar-refractivity contribution in [3.63, 3.8) is 0 Å². The van der Waals surface area contributed by atoms with E-state index in [0.29, 0.717) is 18.5 Å². The largest absolute Gasteiger partial charge is 0.461 e. The highest BCUT2D eigenvalue weighted by atomic mass is 16.3. The van der Waals surface area contributed by atoms with Crippen molar-refractivity contribution in [1.82, 2.24) is 20.4 Å². The van der Waals surface area contributed by atoms with Crippen molar-refractivity contribution in [2.75, 3.05) is 13.1 Å². The molecule has 2 heterocycles. The maximum absolute atomic E-state index is 11.9. The Bertz CT molecular complexity index is 833. The molecule has 0 saturated carbocycles. The number of rotatable bonds is 6. The molecule has 0 aliphatic heterocycles. The number of furan rings is 1. The molecule has 7 nitrogen and oxygen atoms in total. The number of hydrogen-bond donors (Lipinski definition) is 3. The van der Waals surface area contributed by atoms with Crippen molar-refractivity contribution in [2.45, 2.75) is 18.9 Å². The lowest BCUT2D eigenvalue weighted by molar-refractivity contribution is 0.0593. The van der Waals surface area contributed by atoms with Crippen LogP contribution in [-0.4, -0.2) is 34.0 Å². The number of aliphatic hydroxyl groups is 1. The fourth-order valence-corrected chi connectivity index (χ4v) is 2.58. The highest BCUT2D eigenvalue weighted by Crippen LogP contribution is 2.19. The Balaban J connectivity index is 1.45. The van der Waals surface area contributed by atoms with Crippen LogP contribution in [0.15, 0.2) is 47.1 Å². The number of carbonyl (C=O) groups is 1. The summed E-state index contributed by atoms with van der Waals surface area (Å²) in [7, 11) is 1.78. The Morgan fingerprint density at radius 1 is 1.36 bits per heavy atom. The maximum Gasteiger partial charge on any atom is 0.314 e. The summed E-state index contributed by atoms with van der Waals surface area (Å²) < 4.78 is 7.31. The highest BCUT2D eigenvalue weighted by molar-refractivity contribution is 5.77. The lowest BCUT2D eigenvalue weighted by atomic mass is 10.00. The smallest absolute Gasteiger partial charge is 0.314 e. The van der Waals surface area contributed by atoms with Gasteiger partial charge in [0.1, 0.15) is 16.9 Å². The first-order chi connectivity index (χ1) is 11.9. The van der Waals surface area contributed by atoms with Crippen LogP contribution in [0.5, 0.6) is 0 Å². The first-order valence-corrected chi connectivity index (χ1v) is 8.15. The van der Waals surface area contributed by atoms with Gasteiger partial charge in [0.2, 0.25) is 0 Å². The molecule has 7 heteroatoms. The van der Waals surface area contributed by atoms with E-state index in [4.69, 9.17) is 4.42 Å². The molecule has 0 spiro atoms. The summed E-state index contributed by atoms with van der Waals surface area (Å²) in [5.74, 6) is 0.823. The quantitative estimate of drug-likeness (QED) is 0.638. The summed E-state index contributed by atoms with van der Waals surface area (Å²) in [5.41, 5.74) is 0.316. The molecule has 0 aliphatic carbocycles. The monoisotopic (exact) mass is 342 g/mol. The van der Waals surface area contributed by atoms with Crippen LogP contribution in [0, 0.1) is 0 Å². The van der Waals surface area contributed by atoms with Crippen LogP contribution in [0.3, 0.4) is 0 Å². The normalized spacial score (nSPS) is 13.6. The summed E-state index contributed by atoms with van der Waals surface area (Å²) >= 11 is 0. The second-order valence-electron chi connectivity index (χ2n) is 6.29. The molecule has 0 saturated heterocycles. The van der Waals surface area contributed by atoms with E-state index >= 15 is 0 Å². The third-order valence-electron chi connectivity index (χ3n) is 4.05. The zero-order chi connectivity index (χ0) is 17.9. The van der Waals surface area contributed by atoms with Crippen LogP contribution in [0.4, 0.5) is 4.79 Å². The predicted octanol–water partition coefficient (Wildman–Crippen LogP) is 1.92. The fraction of sp³-hybridized carbons (Fsp3) is 0.333. The van der Waals surface area contributed by atoms with Crippen LogP contribution in [0.2, 0.25) is 0 Å². The predicted molar refractivity (Wildman–Crippen MR) is 94.1 cm³/mol. The van der Waals surface area contributed by atoms with E-state index in [9.17, 15) is 9.90 Å². The zero-order valence-electron chi connectivity index (χ0n) is 14.3. The molecule has 0 fully saturated rings. The SMILES string of the molecule is Cn1cc(C(C)(O)CNC(=O)NCCc2cc3ccccc3o2)cn1. The van der Waals surface area contributed by atoms with Crippen LogP contribution < -0.4 is 10.6 Å². The molecule has 3 rings (SSSR count). The van der Waals surface area contributed by atoms with E-state index in [-0.39, 0.29) is 12.6 Å². The Kier molecular flexibility index (Phi) is 4.76. The van der Waals surface area contributed by atoms with Gasteiger partial charge in [0.15, 0.2) is 0 Å². The molecular weight excluding hydrogens is 320 g/mol. The summed E-state index contributed by atoms with van der Waals surface area (Å²) in [4.78, 5) is 11.9. The summed E-state index contributed by atoms with van der Waals surface area (Å²) in [5, 5.41) is 20.9. The summed E-state index contributed by atoms with van der Waals surface area (Å²) in [6, 6.07) is 9.43. The number of para-hydroxylation sites is 1. The van der Waals surface area contributed by atoms with E-state index in [1.54, 1.807) is 31.0 Å². The van der Waals surface area contributed by atoms with Gasteiger partial charge in [-0.05, 0) is 19.1 Å². The molecule has 1 atom stereocenters. The molecule has 3 N–H and O–H groups in total. The summed E-state index contributed by atoms with van der Waals surface area (Å²) in [6.07, 6.45) is 3.91. The van der Waals surface area contributed by atoms with Gasteiger partial charge < -0.3 is 20.2 Å². The van der Waals surface area contributed by atoms with Crippen molar-refractivity contribution in [1.29, 1.82) is 0 Å². The van der Waals surface area contributed by atoms with Crippen LogP contribution in [0.1, 0.15) is 18.2 Å². The van der Waals surface area contributed by atoms with E-state index in [1.807, 2.05) is 30.3 Å². The first kappa shape index (κ1) is 17.0. The number of urea groups is 1. The third kappa shape index (κ3) is 4.19. The van der Waals surface area contributed by atoms with Crippen LogP contribution >= 0.6 is 0 Å². The standard InChI is InChI=1S/C18H22N4O3/c1-18(24,14-10-21-22(2)11-14)12-20-17(23)19-8-7-15-9-13-5-3-4-6-16(13)25-15/h3-6,9-11,24H,7-8,12H2,1-2H3,(H2,19,20,23). The molecular formula is C18H22N4O3. The highest BCUT2D eigenvalue weighted by Gasteiger charge is 2.25. The molecule has 2 aromatic heterocycles. The number of amides is 2. The molecule has 1 aromatic carbocycles. The second kappa shape index (κ2) is 6.98. The minimum atomic E-state index is -1.18. The number of nitrogens with zero attached hydrogens (tertiary/aromatic N) is 2. The summed E-state index contributed by atoms with van der Waals surface area (Å²) in [6.45, 7) is 2.18. The topological polar surface area (TPSA) is 92.3 Å². The molecule has 132 valence electrons. The Morgan fingerprint density at radius 2 is 2.16 bits per heavy atom. The van der Waals surface area contributed by atoms with E-state index in [2.05, 4.69) is 15.7 Å². The number of fused-ring (bicyclic) bond motifs is 1. The van der Waals surface area contributed by atoms with Gasteiger partial charge in [-0.2, -0.15) is 5.10 Å². The third-order valence-corrected chi connectivity index (χ3v) is 4.05. The number of nitrogens with one attached hydrogen (secondary N) is 2. The van der Waals surface area contributed by atoms with E-state index in [0.717, 1.165) is 16.7 Å². The van der Waals surface area contributed by atoms with Gasteiger partial charge in [-0.3, -0.25) is 4.68 Å².